The number of benzene rings is 1. The predicted octanol–water partition coefficient (Wildman–Crippen LogP) is 1.93. The predicted molar refractivity (Wildman–Crippen MR) is 99.7 cm³/mol. The van der Waals surface area contributed by atoms with Gasteiger partial charge in [-0.1, -0.05) is 29.3 Å². The molecule has 2 N–H and O–H groups in total. The van der Waals surface area contributed by atoms with Crippen LogP contribution in [-0.2, 0) is 25.6 Å². The SMILES string of the molecule is CC(CCc1ccc(Cl)c(Cl)c1)NC(=O)C1CN(CCC(=O)O)C(=O)C1=O. The van der Waals surface area contributed by atoms with Crippen LogP contribution in [0.5, 0.6) is 0 Å². The van der Waals surface area contributed by atoms with E-state index in [1.165, 1.54) is 0 Å². The van der Waals surface area contributed by atoms with Crippen LogP contribution in [0.1, 0.15) is 25.3 Å². The number of hydrogen-bond donors (Lipinski definition) is 2. The topological polar surface area (TPSA) is 104 Å². The minimum Gasteiger partial charge on any atom is -0.481 e. The third-order valence-electron chi connectivity index (χ3n) is 4.37. The molecule has 1 saturated heterocycles. The number of aliphatic carboxylic acids is 1. The summed E-state index contributed by atoms with van der Waals surface area (Å²) in [7, 11) is 0. The van der Waals surface area contributed by atoms with E-state index in [0.717, 1.165) is 10.5 Å². The average Bonchev–Trinajstić information content (AvgIpc) is 2.89. The minimum atomic E-state index is -1.10. The third-order valence-corrected chi connectivity index (χ3v) is 5.11. The van der Waals surface area contributed by atoms with Crippen LogP contribution in [0.25, 0.3) is 0 Å². The van der Waals surface area contributed by atoms with E-state index in [9.17, 15) is 19.2 Å². The Morgan fingerprint density at radius 1 is 1.30 bits per heavy atom. The summed E-state index contributed by atoms with van der Waals surface area (Å²) >= 11 is 11.9. The molecule has 1 aromatic rings. The molecule has 0 saturated carbocycles. The summed E-state index contributed by atoms with van der Waals surface area (Å²) in [5, 5.41) is 12.4. The lowest BCUT2D eigenvalue weighted by molar-refractivity contribution is -0.143. The Hall–Kier alpha value is -2.12. The summed E-state index contributed by atoms with van der Waals surface area (Å²) in [6.45, 7) is 1.63. The van der Waals surface area contributed by atoms with E-state index in [-0.39, 0.29) is 25.6 Å². The van der Waals surface area contributed by atoms with Crippen LogP contribution >= 0.6 is 23.2 Å². The Balaban J connectivity index is 1.86. The highest BCUT2D eigenvalue weighted by Crippen LogP contribution is 2.23. The molecule has 1 aromatic carbocycles. The lowest BCUT2D eigenvalue weighted by atomic mass is 10.0. The summed E-state index contributed by atoms with van der Waals surface area (Å²) < 4.78 is 0. The maximum Gasteiger partial charge on any atom is 0.305 e. The maximum atomic E-state index is 12.3. The molecule has 146 valence electrons. The lowest BCUT2D eigenvalue weighted by Crippen LogP contribution is -2.40. The molecule has 9 heteroatoms. The van der Waals surface area contributed by atoms with Gasteiger partial charge in [0.1, 0.15) is 5.92 Å². The summed E-state index contributed by atoms with van der Waals surface area (Å²) in [4.78, 5) is 47.9. The number of Topliss-reactive ketones (excluding diaryl/α,β-unsaturated/α-hetero) is 1. The van der Waals surface area contributed by atoms with E-state index in [2.05, 4.69) is 5.32 Å². The van der Waals surface area contributed by atoms with Gasteiger partial charge in [0, 0.05) is 19.1 Å². The highest BCUT2D eigenvalue weighted by Gasteiger charge is 2.43. The van der Waals surface area contributed by atoms with Gasteiger partial charge < -0.3 is 15.3 Å². The van der Waals surface area contributed by atoms with Gasteiger partial charge >= 0.3 is 5.97 Å². The molecule has 7 nitrogen and oxygen atoms in total. The summed E-state index contributed by atoms with van der Waals surface area (Å²) in [5.41, 5.74) is 0.970. The number of nitrogens with one attached hydrogen (secondary N) is 1. The van der Waals surface area contributed by atoms with E-state index in [4.69, 9.17) is 28.3 Å². The monoisotopic (exact) mass is 414 g/mol. The first-order valence-corrected chi connectivity index (χ1v) is 9.24. The zero-order chi connectivity index (χ0) is 20.1. The van der Waals surface area contributed by atoms with Gasteiger partial charge in [-0.2, -0.15) is 0 Å². The number of aryl methyl sites for hydroxylation is 1. The van der Waals surface area contributed by atoms with Crippen LogP contribution in [0.3, 0.4) is 0 Å². The fourth-order valence-electron chi connectivity index (χ4n) is 2.81. The van der Waals surface area contributed by atoms with Crippen molar-refractivity contribution in [2.24, 2.45) is 5.92 Å². The Bertz CT molecular complexity index is 768. The van der Waals surface area contributed by atoms with E-state index < -0.39 is 29.5 Å². The largest absolute Gasteiger partial charge is 0.481 e. The molecule has 0 aromatic heterocycles. The second kappa shape index (κ2) is 9.19. The number of hydrogen-bond acceptors (Lipinski definition) is 4. The standard InChI is InChI=1S/C18H20Cl2N2O5/c1-10(2-3-11-4-5-13(19)14(20)8-11)21-17(26)12-9-22(7-6-15(23)24)18(27)16(12)25/h4-5,8,10,12H,2-3,6-7,9H2,1H3,(H,21,26)(H,23,24). The van der Waals surface area contributed by atoms with Gasteiger partial charge in [0.25, 0.3) is 5.91 Å². The van der Waals surface area contributed by atoms with Gasteiger partial charge in [-0.05, 0) is 37.5 Å². The molecule has 0 bridgehead atoms. The van der Waals surface area contributed by atoms with Crippen LogP contribution in [0, 0.1) is 5.92 Å². The quantitative estimate of drug-likeness (QED) is 0.499. The number of amides is 2. The molecular formula is C18H20Cl2N2O5. The first-order valence-electron chi connectivity index (χ1n) is 8.48. The number of halogens is 2. The second-order valence-electron chi connectivity index (χ2n) is 6.51. The minimum absolute atomic E-state index is 0.0867. The Morgan fingerprint density at radius 2 is 2.00 bits per heavy atom. The number of carboxylic acid groups (broad SMARTS) is 1. The van der Waals surface area contributed by atoms with Gasteiger partial charge in [0.15, 0.2) is 0 Å². The average molecular weight is 415 g/mol. The van der Waals surface area contributed by atoms with Crippen LogP contribution in [0.15, 0.2) is 18.2 Å². The molecule has 0 spiro atoms. The van der Waals surface area contributed by atoms with E-state index >= 15 is 0 Å². The van der Waals surface area contributed by atoms with Crippen molar-refractivity contribution in [3.63, 3.8) is 0 Å². The molecule has 0 aliphatic carbocycles. The molecule has 0 radical (unpaired) electrons. The highest BCUT2D eigenvalue weighted by molar-refractivity contribution is 6.42. The first-order chi connectivity index (χ1) is 12.7. The molecule has 2 unspecified atom stereocenters. The van der Waals surface area contributed by atoms with E-state index in [0.29, 0.717) is 22.9 Å². The smallest absolute Gasteiger partial charge is 0.305 e. The van der Waals surface area contributed by atoms with Crippen molar-refractivity contribution in [3.05, 3.63) is 33.8 Å². The number of ketones is 1. The molecule has 1 fully saturated rings. The number of carbonyl (C=O) groups is 4. The highest BCUT2D eigenvalue weighted by atomic mass is 35.5. The van der Waals surface area contributed by atoms with Crippen LogP contribution in [-0.4, -0.2) is 52.7 Å². The van der Waals surface area contributed by atoms with Crippen LogP contribution in [0.4, 0.5) is 0 Å². The molecule has 2 atom stereocenters. The number of carboxylic acids is 1. The van der Waals surface area contributed by atoms with Crippen molar-refractivity contribution in [1.29, 1.82) is 0 Å². The summed E-state index contributed by atoms with van der Waals surface area (Å²) in [5.74, 6) is -4.29. The molecule has 1 aliphatic rings. The number of likely N-dealkylation sites (tertiary alicyclic amines) is 1. The fraction of sp³-hybridized carbons (Fsp3) is 0.444. The van der Waals surface area contributed by atoms with Crippen LogP contribution < -0.4 is 5.32 Å². The van der Waals surface area contributed by atoms with Gasteiger partial charge in [-0.3, -0.25) is 19.2 Å². The van der Waals surface area contributed by atoms with Crippen molar-refractivity contribution in [1.82, 2.24) is 10.2 Å². The number of rotatable bonds is 8. The van der Waals surface area contributed by atoms with E-state index in [1.807, 2.05) is 6.07 Å². The maximum absolute atomic E-state index is 12.3. The first kappa shape index (κ1) is 21.2. The fourth-order valence-corrected chi connectivity index (χ4v) is 3.13. The second-order valence-corrected chi connectivity index (χ2v) is 7.32. The molecule has 2 rings (SSSR count). The molecule has 2 amide bonds. The molecule has 27 heavy (non-hydrogen) atoms. The Labute approximate surface area is 166 Å². The molecule has 1 heterocycles. The molecular weight excluding hydrogens is 395 g/mol. The third kappa shape index (κ3) is 5.68. The number of carbonyl (C=O) groups excluding carboxylic acids is 3. The van der Waals surface area contributed by atoms with Gasteiger partial charge in [-0.15, -0.1) is 0 Å². The van der Waals surface area contributed by atoms with E-state index in [1.54, 1.807) is 19.1 Å². The van der Waals surface area contributed by atoms with Gasteiger partial charge in [0.05, 0.1) is 16.5 Å². The zero-order valence-corrected chi connectivity index (χ0v) is 16.2. The molecule has 1 aliphatic heterocycles. The van der Waals surface area contributed by atoms with Crippen molar-refractivity contribution >= 4 is 46.8 Å². The zero-order valence-electron chi connectivity index (χ0n) is 14.7. The summed E-state index contributed by atoms with van der Waals surface area (Å²) in [6, 6.07) is 5.10. The van der Waals surface area contributed by atoms with Crippen molar-refractivity contribution < 1.29 is 24.3 Å². The summed E-state index contributed by atoms with van der Waals surface area (Å²) in [6.07, 6.45) is 0.995. The van der Waals surface area contributed by atoms with Gasteiger partial charge in [-0.25, -0.2) is 0 Å². The van der Waals surface area contributed by atoms with Crippen molar-refractivity contribution in [2.75, 3.05) is 13.1 Å². The lowest BCUT2D eigenvalue weighted by Gasteiger charge is -2.17. The van der Waals surface area contributed by atoms with Crippen molar-refractivity contribution in [2.45, 2.75) is 32.2 Å². The van der Waals surface area contributed by atoms with Crippen LogP contribution in [0.2, 0.25) is 10.0 Å². The Kier molecular flexibility index (Phi) is 7.21. The normalized spacial score (nSPS) is 17.9. The van der Waals surface area contributed by atoms with Gasteiger partial charge in [0.2, 0.25) is 11.7 Å². The Morgan fingerprint density at radius 3 is 2.63 bits per heavy atom. The number of nitrogens with zero attached hydrogens (tertiary/aromatic N) is 1. The van der Waals surface area contributed by atoms with Crippen molar-refractivity contribution in [3.8, 4) is 0 Å².